The lowest BCUT2D eigenvalue weighted by Gasteiger charge is -2.25. The van der Waals surface area contributed by atoms with E-state index in [2.05, 4.69) is 15.9 Å². The molecule has 1 amide bonds. The van der Waals surface area contributed by atoms with Gasteiger partial charge in [-0.1, -0.05) is 76.1 Å². The third kappa shape index (κ3) is 3.59. The van der Waals surface area contributed by atoms with E-state index in [-0.39, 0.29) is 11.3 Å². The lowest BCUT2D eigenvalue weighted by atomic mass is 9.95. The van der Waals surface area contributed by atoms with Gasteiger partial charge in [-0.05, 0) is 35.9 Å². The second kappa shape index (κ2) is 7.85. The molecule has 29 heavy (non-hydrogen) atoms. The van der Waals surface area contributed by atoms with Gasteiger partial charge in [0.25, 0.3) is 11.7 Å². The van der Waals surface area contributed by atoms with E-state index >= 15 is 0 Å². The molecule has 0 aromatic heterocycles. The van der Waals surface area contributed by atoms with Gasteiger partial charge in [0.2, 0.25) is 0 Å². The third-order valence-electron chi connectivity index (χ3n) is 4.76. The van der Waals surface area contributed by atoms with Gasteiger partial charge >= 0.3 is 0 Å². The van der Waals surface area contributed by atoms with Gasteiger partial charge in [0, 0.05) is 20.7 Å². The number of aliphatic hydroxyl groups excluding tert-OH is 1. The molecule has 0 aliphatic carbocycles. The molecule has 144 valence electrons. The minimum absolute atomic E-state index is 0.0449. The molecule has 1 aliphatic rings. The predicted molar refractivity (Wildman–Crippen MR) is 117 cm³/mol. The van der Waals surface area contributed by atoms with Crippen LogP contribution in [0.1, 0.15) is 17.2 Å². The second-order valence-corrected chi connectivity index (χ2v) is 7.92. The van der Waals surface area contributed by atoms with Crippen LogP contribution in [0.2, 0.25) is 5.02 Å². The van der Waals surface area contributed by atoms with Crippen LogP contribution < -0.4 is 4.90 Å². The smallest absolute Gasteiger partial charge is 0.300 e. The zero-order chi connectivity index (χ0) is 20.5. The van der Waals surface area contributed by atoms with Gasteiger partial charge in [-0.25, -0.2) is 0 Å². The Labute approximate surface area is 181 Å². The average Bonchev–Trinajstić information content (AvgIpc) is 2.99. The molecule has 3 aromatic carbocycles. The third-order valence-corrected chi connectivity index (χ3v) is 5.53. The Morgan fingerprint density at radius 2 is 1.62 bits per heavy atom. The summed E-state index contributed by atoms with van der Waals surface area (Å²) in [4.78, 5) is 27.4. The van der Waals surface area contributed by atoms with Gasteiger partial charge in [0.15, 0.2) is 0 Å². The lowest BCUT2D eigenvalue weighted by Crippen LogP contribution is -2.29. The Morgan fingerprint density at radius 1 is 0.931 bits per heavy atom. The zero-order valence-corrected chi connectivity index (χ0v) is 17.4. The molecule has 1 fully saturated rings. The number of carbonyl (C=O) groups is 2. The molecule has 6 heteroatoms. The van der Waals surface area contributed by atoms with Crippen LogP contribution in [0.25, 0.3) is 5.76 Å². The first-order valence-electron chi connectivity index (χ1n) is 8.85. The maximum Gasteiger partial charge on any atom is 0.300 e. The molecule has 1 N–H and O–H groups in total. The van der Waals surface area contributed by atoms with Gasteiger partial charge in [0.05, 0.1) is 11.6 Å². The fourth-order valence-electron chi connectivity index (χ4n) is 3.44. The van der Waals surface area contributed by atoms with Crippen molar-refractivity contribution >= 4 is 50.7 Å². The highest BCUT2D eigenvalue weighted by Crippen LogP contribution is 2.42. The number of anilines is 1. The molecular formula is C23H15BrClNO3. The lowest BCUT2D eigenvalue weighted by molar-refractivity contribution is -0.132. The quantitative estimate of drug-likeness (QED) is 0.303. The van der Waals surface area contributed by atoms with Crippen LogP contribution >= 0.6 is 27.5 Å². The van der Waals surface area contributed by atoms with Crippen LogP contribution in [0.3, 0.4) is 0 Å². The van der Waals surface area contributed by atoms with Gasteiger partial charge in [-0.3, -0.25) is 14.5 Å². The fourth-order valence-corrected chi connectivity index (χ4v) is 3.89. The van der Waals surface area contributed by atoms with E-state index in [1.165, 1.54) is 4.90 Å². The molecule has 0 saturated carbocycles. The van der Waals surface area contributed by atoms with Crippen LogP contribution in [0, 0.1) is 0 Å². The number of carbonyl (C=O) groups excluding carboxylic acids is 2. The van der Waals surface area contributed by atoms with Crippen molar-refractivity contribution in [1.82, 2.24) is 0 Å². The van der Waals surface area contributed by atoms with Gasteiger partial charge < -0.3 is 5.11 Å². The SMILES string of the molecule is O=C1C(=O)N(c2cccc(Cl)c2)[C@@H](c2ccc(Br)cc2)/C1=C(\O)c1ccccc1. The molecule has 0 spiro atoms. The number of hydrogen-bond acceptors (Lipinski definition) is 3. The van der Waals surface area contributed by atoms with Crippen molar-refractivity contribution in [2.75, 3.05) is 4.90 Å². The number of aliphatic hydroxyl groups is 1. The van der Waals surface area contributed by atoms with Gasteiger partial charge in [-0.15, -0.1) is 0 Å². The van der Waals surface area contributed by atoms with E-state index in [1.54, 1.807) is 48.5 Å². The first-order chi connectivity index (χ1) is 14.0. The highest BCUT2D eigenvalue weighted by molar-refractivity contribution is 9.10. The highest BCUT2D eigenvalue weighted by atomic mass is 79.9. The topological polar surface area (TPSA) is 57.6 Å². The Bertz CT molecular complexity index is 1130. The molecule has 1 saturated heterocycles. The Morgan fingerprint density at radius 3 is 2.28 bits per heavy atom. The Hall–Kier alpha value is -2.89. The summed E-state index contributed by atoms with van der Waals surface area (Å²) in [7, 11) is 0. The maximum atomic E-state index is 13.0. The molecule has 3 aromatic rings. The minimum atomic E-state index is -0.776. The Kier molecular flexibility index (Phi) is 5.26. The van der Waals surface area contributed by atoms with Crippen LogP contribution in [0.4, 0.5) is 5.69 Å². The number of halogens is 2. The summed E-state index contributed by atoms with van der Waals surface area (Å²) >= 11 is 9.53. The minimum Gasteiger partial charge on any atom is -0.507 e. The number of benzene rings is 3. The molecule has 1 atom stereocenters. The van der Waals surface area contributed by atoms with Crippen LogP contribution in [0.15, 0.2) is 88.9 Å². The average molecular weight is 469 g/mol. The van der Waals surface area contributed by atoms with E-state index in [0.717, 1.165) is 4.47 Å². The summed E-state index contributed by atoms with van der Waals surface area (Å²) in [5, 5.41) is 11.4. The largest absolute Gasteiger partial charge is 0.507 e. The molecule has 0 unspecified atom stereocenters. The number of hydrogen-bond donors (Lipinski definition) is 1. The summed E-state index contributed by atoms with van der Waals surface area (Å²) in [5.41, 5.74) is 1.70. The standard InChI is InChI=1S/C23H15BrClNO3/c24-16-11-9-14(10-12-16)20-19(21(27)15-5-2-1-3-6-15)22(28)23(29)26(20)18-8-4-7-17(25)13-18/h1-13,20,27H/b21-19+/t20-/m0/s1. The van der Waals surface area contributed by atoms with E-state index < -0.39 is 17.7 Å². The van der Waals surface area contributed by atoms with Crippen LogP contribution in [-0.2, 0) is 9.59 Å². The summed E-state index contributed by atoms with van der Waals surface area (Å²) in [6.07, 6.45) is 0. The number of amides is 1. The van der Waals surface area contributed by atoms with Gasteiger partial charge in [-0.2, -0.15) is 0 Å². The predicted octanol–water partition coefficient (Wildman–Crippen LogP) is 5.73. The molecule has 4 nitrogen and oxygen atoms in total. The van der Waals surface area contributed by atoms with Crippen LogP contribution in [-0.4, -0.2) is 16.8 Å². The monoisotopic (exact) mass is 467 g/mol. The van der Waals surface area contributed by atoms with E-state index in [9.17, 15) is 14.7 Å². The number of ketones is 1. The summed E-state index contributed by atoms with van der Waals surface area (Å²) < 4.78 is 0.865. The van der Waals surface area contributed by atoms with Crippen molar-refractivity contribution in [3.05, 3.63) is 105 Å². The van der Waals surface area contributed by atoms with E-state index in [4.69, 9.17) is 11.6 Å². The molecule has 1 aliphatic heterocycles. The van der Waals surface area contributed by atoms with Crippen molar-refractivity contribution in [2.45, 2.75) is 6.04 Å². The van der Waals surface area contributed by atoms with Crippen LogP contribution in [0.5, 0.6) is 0 Å². The Balaban J connectivity index is 1.96. The summed E-state index contributed by atoms with van der Waals surface area (Å²) in [6.45, 7) is 0. The first-order valence-corrected chi connectivity index (χ1v) is 10.0. The van der Waals surface area contributed by atoms with Crippen molar-refractivity contribution in [3.8, 4) is 0 Å². The zero-order valence-electron chi connectivity index (χ0n) is 15.0. The molecule has 1 heterocycles. The maximum absolute atomic E-state index is 13.0. The van der Waals surface area contributed by atoms with Crippen molar-refractivity contribution in [1.29, 1.82) is 0 Å². The molecule has 0 radical (unpaired) electrons. The van der Waals surface area contributed by atoms with E-state index in [0.29, 0.717) is 21.8 Å². The second-order valence-electron chi connectivity index (χ2n) is 6.57. The normalized spacial score (nSPS) is 18.3. The first kappa shape index (κ1) is 19.4. The number of rotatable bonds is 3. The van der Waals surface area contributed by atoms with Crippen molar-refractivity contribution in [3.63, 3.8) is 0 Å². The van der Waals surface area contributed by atoms with E-state index in [1.807, 2.05) is 30.3 Å². The number of Topliss-reactive ketones (excluding diaryl/α,β-unsaturated/α-hetero) is 1. The molecular weight excluding hydrogens is 454 g/mol. The summed E-state index contributed by atoms with van der Waals surface area (Å²) in [5.74, 6) is -1.65. The number of nitrogens with zero attached hydrogens (tertiary/aromatic N) is 1. The van der Waals surface area contributed by atoms with Crippen molar-refractivity contribution in [2.24, 2.45) is 0 Å². The fraction of sp³-hybridized carbons (Fsp3) is 0.0435. The van der Waals surface area contributed by atoms with Gasteiger partial charge in [0.1, 0.15) is 5.76 Å². The molecule has 4 rings (SSSR count). The highest BCUT2D eigenvalue weighted by Gasteiger charge is 2.46. The molecule has 0 bridgehead atoms. The van der Waals surface area contributed by atoms with Crippen molar-refractivity contribution < 1.29 is 14.7 Å². The summed E-state index contributed by atoms with van der Waals surface area (Å²) in [6, 6.07) is 22.0.